The summed E-state index contributed by atoms with van der Waals surface area (Å²) in [5, 5.41) is 4.88. The number of hydrogen-bond donors (Lipinski definition) is 1. The second-order valence-electron chi connectivity index (χ2n) is 6.14. The molecule has 0 spiro atoms. The quantitative estimate of drug-likeness (QED) is 0.586. The third kappa shape index (κ3) is 2.24. The molecular weight excluding hydrogens is 350 g/mol. The number of carbonyl (C=O) groups excluding carboxylic acids is 1. The molecule has 4 heterocycles. The van der Waals surface area contributed by atoms with Crippen molar-refractivity contribution in [3.05, 3.63) is 59.1 Å². The van der Waals surface area contributed by atoms with E-state index in [1.807, 2.05) is 24.3 Å². The van der Waals surface area contributed by atoms with Crippen LogP contribution >= 0.6 is 11.3 Å². The highest BCUT2D eigenvalue weighted by Gasteiger charge is 2.37. The summed E-state index contributed by atoms with van der Waals surface area (Å²) >= 11 is 1.59. The normalized spacial score (nSPS) is 16.8. The monoisotopic (exact) mass is 365 g/mol. The maximum absolute atomic E-state index is 13.2. The maximum Gasteiger partial charge on any atom is 0.292 e. The van der Waals surface area contributed by atoms with Crippen LogP contribution < -0.4 is 0 Å². The van der Waals surface area contributed by atoms with Gasteiger partial charge in [-0.3, -0.25) is 4.79 Å². The zero-order valence-electron chi connectivity index (χ0n) is 14.0. The summed E-state index contributed by atoms with van der Waals surface area (Å²) in [7, 11) is 1.72. The molecule has 0 saturated carbocycles. The maximum atomic E-state index is 13.2. The third-order valence-electron chi connectivity index (χ3n) is 4.63. The van der Waals surface area contributed by atoms with Crippen LogP contribution in [0.1, 0.15) is 33.1 Å². The summed E-state index contributed by atoms with van der Waals surface area (Å²) in [5.41, 5.74) is 2.84. The molecule has 1 atom stereocenters. The SMILES string of the molecule is Cn1ncnc1C(=O)N1CCc2[nH]cnc2[C@H]1c1nc2ccccc2s1. The molecule has 5 rings (SSSR count). The molecule has 1 amide bonds. The standard InChI is InChI=1S/C17H15N7OS/c1-23-15(20-9-21-23)17(25)24-7-6-11-13(19-8-18-11)14(24)16-22-10-4-2-3-5-12(10)26-16/h2-5,8-9,14H,6-7H2,1H3,(H,18,19)/t14-/m0/s1. The van der Waals surface area contributed by atoms with Crippen LogP contribution in [0.25, 0.3) is 10.2 Å². The van der Waals surface area contributed by atoms with Gasteiger partial charge in [-0.25, -0.2) is 19.6 Å². The van der Waals surface area contributed by atoms with Crippen LogP contribution in [-0.4, -0.2) is 47.1 Å². The lowest BCUT2D eigenvalue weighted by atomic mass is 10.0. The number of thiazole rings is 1. The van der Waals surface area contributed by atoms with Gasteiger partial charge in [0.1, 0.15) is 17.4 Å². The number of aromatic nitrogens is 6. The summed E-state index contributed by atoms with van der Waals surface area (Å²) < 4.78 is 2.59. The number of carbonyl (C=O) groups is 1. The Morgan fingerprint density at radius 1 is 1.31 bits per heavy atom. The van der Waals surface area contributed by atoms with Gasteiger partial charge in [-0.05, 0) is 12.1 Å². The number of H-pyrrole nitrogens is 1. The average molecular weight is 365 g/mol. The van der Waals surface area contributed by atoms with E-state index in [-0.39, 0.29) is 11.9 Å². The highest BCUT2D eigenvalue weighted by Crippen LogP contribution is 2.37. The number of nitrogens with zero attached hydrogens (tertiary/aromatic N) is 6. The average Bonchev–Trinajstić information content (AvgIpc) is 3.38. The van der Waals surface area contributed by atoms with Crippen LogP contribution in [0.15, 0.2) is 36.9 Å². The second kappa shape index (κ2) is 5.73. The summed E-state index contributed by atoms with van der Waals surface area (Å²) in [4.78, 5) is 31.5. The Morgan fingerprint density at radius 2 is 2.19 bits per heavy atom. The molecule has 4 aromatic rings. The van der Waals surface area contributed by atoms with Gasteiger partial charge in [0.15, 0.2) is 0 Å². The minimum Gasteiger partial charge on any atom is -0.348 e. The van der Waals surface area contributed by atoms with Crippen LogP contribution in [0.5, 0.6) is 0 Å². The van der Waals surface area contributed by atoms with E-state index >= 15 is 0 Å². The number of imidazole rings is 1. The fraction of sp³-hybridized carbons (Fsp3) is 0.235. The smallest absolute Gasteiger partial charge is 0.292 e. The number of aryl methyl sites for hydroxylation is 1. The van der Waals surface area contributed by atoms with E-state index in [2.05, 4.69) is 20.1 Å². The van der Waals surface area contributed by atoms with Gasteiger partial charge in [-0.2, -0.15) is 5.10 Å². The number of fused-ring (bicyclic) bond motifs is 2. The van der Waals surface area contributed by atoms with Crippen molar-refractivity contribution in [3.63, 3.8) is 0 Å². The molecule has 0 aliphatic carbocycles. The summed E-state index contributed by atoms with van der Waals surface area (Å²) in [5.74, 6) is 0.151. The molecule has 1 aromatic carbocycles. The lowest BCUT2D eigenvalue weighted by Crippen LogP contribution is -2.41. The first kappa shape index (κ1) is 15.2. The highest BCUT2D eigenvalue weighted by atomic mass is 32.1. The molecule has 1 N–H and O–H groups in total. The van der Waals surface area contributed by atoms with E-state index in [9.17, 15) is 4.79 Å². The summed E-state index contributed by atoms with van der Waals surface area (Å²) in [6, 6.07) is 7.66. The van der Waals surface area contributed by atoms with Crippen molar-refractivity contribution in [2.45, 2.75) is 12.5 Å². The molecule has 3 aromatic heterocycles. The molecule has 1 aliphatic heterocycles. The Labute approximate surface area is 152 Å². The van der Waals surface area contributed by atoms with Gasteiger partial charge in [0.05, 0.1) is 22.2 Å². The van der Waals surface area contributed by atoms with Crippen molar-refractivity contribution in [1.29, 1.82) is 0 Å². The van der Waals surface area contributed by atoms with Crippen molar-refractivity contribution in [2.75, 3.05) is 6.54 Å². The zero-order valence-corrected chi connectivity index (χ0v) is 14.8. The molecule has 26 heavy (non-hydrogen) atoms. The van der Waals surface area contributed by atoms with Crippen molar-refractivity contribution < 1.29 is 4.79 Å². The van der Waals surface area contributed by atoms with Crippen molar-refractivity contribution in [1.82, 2.24) is 34.6 Å². The Bertz CT molecular complexity index is 1080. The third-order valence-corrected chi connectivity index (χ3v) is 5.72. The molecule has 8 nitrogen and oxygen atoms in total. The van der Waals surface area contributed by atoms with Crippen LogP contribution in [0.2, 0.25) is 0 Å². The van der Waals surface area contributed by atoms with Crippen molar-refractivity contribution in [2.24, 2.45) is 7.05 Å². The molecule has 0 radical (unpaired) electrons. The minimum atomic E-state index is -0.327. The number of nitrogens with one attached hydrogen (secondary N) is 1. The number of benzene rings is 1. The Kier molecular flexibility index (Phi) is 3.35. The van der Waals surface area contributed by atoms with Gasteiger partial charge < -0.3 is 9.88 Å². The van der Waals surface area contributed by atoms with E-state index in [1.54, 1.807) is 29.6 Å². The van der Waals surface area contributed by atoms with Crippen LogP contribution in [0, 0.1) is 0 Å². The Balaban J connectivity index is 1.64. The van der Waals surface area contributed by atoms with Crippen LogP contribution in [0.3, 0.4) is 0 Å². The van der Waals surface area contributed by atoms with Gasteiger partial charge in [0.2, 0.25) is 5.82 Å². The number of rotatable bonds is 2. The van der Waals surface area contributed by atoms with Gasteiger partial charge in [-0.1, -0.05) is 12.1 Å². The predicted octanol–water partition coefficient (Wildman–Crippen LogP) is 1.94. The Hall–Kier alpha value is -3.07. The minimum absolute atomic E-state index is 0.164. The number of aromatic amines is 1. The molecule has 0 bridgehead atoms. The number of hydrogen-bond acceptors (Lipinski definition) is 6. The summed E-state index contributed by atoms with van der Waals surface area (Å²) in [6.07, 6.45) is 3.80. The van der Waals surface area contributed by atoms with E-state index in [0.717, 1.165) is 33.0 Å². The van der Waals surface area contributed by atoms with Crippen LogP contribution in [0.4, 0.5) is 0 Å². The van der Waals surface area contributed by atoms with Gasteiger partial charge in [-0.15, -0.1) is 11.3 Å². The molecule has 130 valence electrons. The molecular formula is C17H15N7OS. The molecule has 1 aliphatic rings. The van der Waals surface area contributed by atoms with E-state index in [4.69, 9.17) is 4.98 Å². The molecule has 0 fully saturated rings. The largest absolute Gasteiger partial charge is 0.348 e. The number of amides is 1. The molecule has 0 saturated heterocycles. The topological polar surface area (TPSA) is 92.6 Å². The second-order valence-corrected chi connectivity index (χ2v) is 7.21. The van der Waals surface area contributed by atoms with E-state index in [0.29, 0.717) is 12.4 Å². The fourth-order valence-corrected chi connectivity index (χ4v) is 4.46. The Morgan fingerprint density at radius 3 is 3.00 bits per heavy atom. The van der Waals surface area contributed by atoms with Crippen molar-refractivity contribution >= 4 is 27.5 Å². The predicted molar refractivity (Wildman–Crippen MR) is 95.8 cm³/mol. The van der Waals surface area contributed by atoms with Crippen molar-refractivity contribution in [3.8, 4) is 0 Å². The van der Waals surface area contributed by atoms with E-state index < -0.39 is 0 Å². The van der Waals surface area contributed by atoms with Gasteiger partial charge in [0, 0.05) is 25.7 Å². The van der Waals surface area contributed by atoms with Crippen LogP contribution in [-0.2, 0) is 13.5 Å². The fourth-order valence-electron chi connectivity index (χ4n) is 3.37. The lowest BCUT2D eigenvalue weighted by molar-refractivity contribution is 0.0673. The zero-order chi connectivity index (χ0) is 17.7. The lowest BCUT2D eigenvalue weighted by Gasteiger charge is -2.33. The van der Waals surface area contributed by atoms with E-state index in [1.165, 1.54) is 11.0 Å². The summed E-state index contributed by atoms with van der Waals surface area (Å²) in [6.45, 7) is 0.571. The highest BCUT2D eigenvalue weighted by molar-refractivity contribution is 7.18. The first-order chi connectivity index (χ1) is 12.7. The van der Waals surface area contributed by atoms with Gasteiger partial charge >= 0.3 is 0 Å². The molecule has 0 unspecified atom stereocenters. The number of para-hydroxylation sites is 1. The first-order valence-electron chi connectivity index (χ1n) is 8.25. The van der Waals surface area contributed by atoms with Gasteiger partial charge in [0.25, 0.3) is 5.91 Å². The molecule has 9 heteroatoms. The first-order valence-corrected chi connectivity index (χ1v) is 9.06.